The Hall–Kier alpha value is -2.84. The van der Waals surface area contributed by atoms with Crippen LogP contribution in [-0.4, -0.2) is 35.1 Å². The van der Waals surface area contributed by atoms with Crippen LogP contribution < -0.4 is 11.1 Å². The van der Waals surface area contributed by atoms with E-state index in [0.29, 0.717) is 30.1 Å². The zero-order valence-corrected chi connectivity index (χ0v) is 19.3. The van der Waals surface area contributed by atoms with Gasteiger partial charge >= 0.3 is 0 Å². The van der Waals surface area contributed by atoms with E-state index in [0.717, 1.165) is 27.6 Å². The molecule has 1 aromatic heterocycles. The first-order valence-corrected chi connectivity index (χ1v) is 11.4. The van der Waals surface area contributed by atoms with Gasteiger partial charge in [-0.1, -0.05) is 36.5 Å². The Morgan fingerprint density at radius 2 is 2.00 bits per heavy atom. The van der Waals surface area contributed by atoms with E-state index in [9.17, 15) is 13.6 Å². The lowest BCUT2D eigenvalue weighted by molar-refractivity contribution is -0.117. The summed E-state index contributed by atoms with van der Waals surface area (Å²) in [6.07, 6.45) is 2.81. The van der Waals surface area contributed by atoms with E-state index >= 15 is 0 Å². The summed E-state index contributed by atoms with van der Waals surface area (Å²) < 4.78 is 34.7. The maximum absolute atomic E-state index is 13.8. The van der Waals surface area contributed by atoms with Crippen LogP contribution in [0.1, 0.15) is 43.7 Å². The highest BCUT2D eigenvalue weighted by Crippen LogP contribution is 2.42. The molecular formula is C25H27F2N3O2S. The van der Waals surface area contributed by atoms with Gasteiger partial charge in [0.25, 0.3) is 0 Å². The van der Waals surface area contributed by atoms with Crippen LogP contribution in [0.15, 0.2) is 48.7 Å². The lowest BCUT2D eigenvalue weighted by Crippen LogP contribution is -2.26. The smallest absolute Gasteiger partial charge is 0.248 e. The summed E-state index contributed by atoms with van der Waals surface area (Å²) in [6, 6.07) is 13.4. The Kier molecular flexibility index (Phi) is 6.76. The highest BCUT2D eigenvalue weighted by atomic mass is 32.1. The first-order valence-electron chi connectivity index (χ1n) is 11.0. The molecule has 2 aromatic carbocycles. The molecule has 3 N–H and O–H groups in total. The molecule has 0 spiro atoms. The molecule has 1 aliphatic rings. The van der Waals surface area contributed by atoms with Crippen LogP contribution in [0.3, 0.4) is 0 Å². The second kappa shape index (κ2) is 9.57. The molecule has 33 heavy (non-hydrogen) atoms. The van der Waals surface area contributed by atoms with Gasteiger partial charge in [0, 0.05) is 54.4 Å². The molecule has 1 fully saturated rings. The number of hydrogen-bond acceptors (Lipinski definition) is 3. The van der Waals surface area contributed by atoms with Gasteiger partial charge in [-0.3, -0.25) is 4.79 Å². The van der Waals surface area contributed by atoms with Crippen LogP contribution in [-0.2, 0) is 9.53 Å². The number of carbonyl (C=O) groups excluding carboxylic acids is 1. The summed E-state index contributed by atoms with van der Waals surface area (Å²) in [6.45, 7) is 0.338. The van der Waals surface area contributed by atoms with Crippen molar-refractivity contribution in [2.24, 2.45) is 5.73 Å². The number of nitrogens with zero attached hydrogens (tertiary/aromatic N) is 1. The summed E-state index contributed by atoms with van der Waals surface area (Å²) in [5.74, 6) is -2.75. The number of alkyl halides is 2. The van der Waals surface area contributed by atoms with E-state index in [-0.39, 0.29) is 31.2 Å². The molecule has 1 saturated carbocycles. The molecule has 1 aliphatic carbocycles. The quantitative estimate of drug-likeness (QED) is 0.436. The predicted octanol–water partition coefficient (Wildman–Crippen LogP) is 5.67. The number of nitrogens with two attached hydrogens (primary N) is 1. The minimum atomic E-state index is -2.60. The summed E-state index contributed by atoms with van der Waals surface area (Å²) >= 11 is 5.14. The standard InChI is InChI=1S/C25H27F2N3O2S/c1-32-12-9-23(31)29-18-5-6-20-21(16-3-2-4-17(13-16)24(28)33)15-30(22(20)14-18)19-7-10-25(26,27)11-8-19/h2-6,13-15,19H,7-12H2,1H3,(H2,28,33)(H,29,31). The van der Waals surface area contributed by atoms with Crippen molar-refractivity contribution in [3.63, 3.8) is 0 Å². The van der Waals surface area contributed by atoms with Crippen LogP contribution in [0.2, 0.25) is 0 Å². The van der Waals surface area contributed by atoms with Crippen LogP contribution >= 0.6 is 12.2 Å². The number of aromatic nitrogens is 1. The van der Waals surface area contributed by atoms with Gasteiger partial charge in [-0.05, 0) is 36.6 Å². The van der Waals surface area contributed by atoms with E-state index in [2.05, 4.69) is 9.88 Å². The van der Waals surface area contributed by atoms with Crippen molar-refractivity contribution in [2.45, 2.75) is 44.1 Å². The number of fused-ring (bicyclic) bond motifs is 1. The molecule has 4 rings (SSSR count). The Morgan fingerprint density at radius 3 is 2.70 bits per heavy atom. The van der Waals surface area contributed by atoms with Crippen LogP contribution in [0.4, 0.5) is 14.5 Å². The summed E-state index contributed by atoms with van der Waals surface area (Å²) in [5, 5.41) is 3.87. The lowest BCUT2D eigenvalue weighted by Gasteiger charge is -2.29. The normalized spacial score (nSPS) is 16.1. The predicted molar refractivity (Wildman–Crippen MR) is 131 cm³/mol. The third-order valence-electron chi connectivity index (χ3n) is 6.19. The van der Waals surface area contributed by atoms with Crippen molar-refractivity contribution < 1.29 is 18.3 Å². The van der Waals surface area contributed by atoms with Crippen LogP contribution in [0.25, 0.3) is 22.0 Å². The number of rotatable bonds is 7. The highest BCUT2D eigenvalue weighted by molar-refractivity contribution is 7.80. The molecule has 0 atom stereocenters. The summed E-state index contributed by atoms with van der Waals surface area (Å²) in [5.41, 5.74) is 10.1. The SMILES string of the molecule is COCCC(=O)Nc1ccc2c(-c3cccc(C(N)=S)c3)cn(C3CCC(F)(F)CC3)c2c1. The fraction of sp³-hybridized carbons (Fsp3) is 0.360. The van der Waals surface area contributed by atoms with Gasteiger partial charge in [-0.25, -0.2) is 8.78 Å². The van der Waals surface area contributed by atoms with E-state index in [1.54, 1.807) is 7.11 Å². The Bertz CT molecular complexity index is 1180. The van der Waals surface area contributed by atoms with Crippen molar-refractivity contribution in [3.05, 3.63) is 54.2 Å². The third kappa shape index (κ3) is 5.23. The molecule has 3 aromatic rings. The molecule has 0 bridgehead atoms. The number of benzene rings is 2. The summed E-state index contributed by atoms with van der Waals surface area (Å²) in [7, 11) is 1.55. The zero-order chi connectivity index (χ0) is 23.6. The molecule has 1 amide bonds. The number of nitrogens with one attached hydrogen (secondary N) is 1. The minimum Gasteiger partial charge on any atom is -0.389 e. The average Bonchev–Trinajstić information content (AvgIpc) is 3.16. The molecule has 174 valence electrons. The van der Waals surface area contributed by atoms with Crippen molar-refractivity contribution >= 4 is 39.7 Å². The van der Waals surface area contributed by atoms with E-state index in [1.807, 2.05) is 48.7 Å². The van der Waals surface area contributed by atoms with E-state index in [1.165, 1.54) is 0 Å². The van der Waals surface area contributed by atoms with E-state index < -0.39 is 5.92 Å². The van der Waals surface area contributed by atoms with Gasteiger partial charge in [0.2, 0.25) is 11.8 Å². The van der Waals surface area contributed by atoms with E-state index in [4.69, 9.17) is 22.7 Å². The minimum absolute atomic E-state index is 0.0425. The molecule has 8 heteroatoms. The highest BCUT2D eigenvalue weighted by Gasteiger charge is 2.36. The summed E-state index contributed by atoms with van der Waals surface area (Å²) in [4.78, 5) is 12.5. The van der Waals surface area contributed by atoms with Gasteiger partial charge in [-0.2, -0.15) is 0 Å². The van der Waals surface area contributed by atoms with Gasteiger partial charge in [-0.15, -0.1) is 0 Å². The van der Waals surface area contributed by atoms with Crippen molar-refractivity contribution in [3.8, 4) is 11.1 Å². The second-order valence-corrected chi connectivity index (χ2v) is 8.94. The largest absolute Gasteiger partial charge is 0.389 e. The Labute approximate surface area is 196 Å². The Balaban J connectivity index is 1.76. The Morgan fingerprint density at radius 1 is 1.24 bits per heavy atom. The first-order chi connectivity index (χ1) is 15.8. The van der Waals surface area contributed by atoms with Crippen LogP contribution in [0.5, 0.6) is 0 Å². The monoisotopic (exact) mass is 471 g/mol. The van der Waals surface area contributed by atoms with Gasteiger partial charge in [0.1, 0.15) is 4.99 Å². The zero-order valence-electron chi connectivity index (χ0n) is 18.4. The number of amides is 1. The number of methoxy groups -OCH3 is 1. The van der Waals surface area contributed by atoms with Gasteiger partial charge in [0.15, 0.2) is 0 Å². The van der Waals surface area contributed by atoms with Gasteiger partial charge in [0.05, 0.1) is 18.5 Å². The number of hydrogen-bond donors (Lipinski definition) is 2. The average molecular weight is 472 g/mol. The number of carbonyl (C=O) groups is 1. The fourth-order valence-electron chi connectivity index (χ4n) is 4.42. The fourth-order valence-corrected chi connectivity index (χ4v) is 4.55. The lowest BCUT2D eigenvalue weighted by atomic mass is 9.92. The number of ether oxygens (including phenoxy) is 1. The molecule has 0 unspecified atom stereocenters. The molecule has 0 aliphatic heterocycles. The maximum atomic E-state index is 13.8. The van der Waals surface area contributed by atoms with Crippen molar-refractivity contribution in [1.82, 2.24) is 4.57 Å². The van der Waals surface area contributed by atoms with Gasteiger partial charge < -0.3 is 20.4 Å². The van der Waals surface area contributed by atoms with Crippen LogP contribution in [0, 0.1) is 0 Å². The molecule has 0 saturated heterocycles. The topological polar surface area (TPSA) is 69.3 Å². The third-order valence-corrected chi connectivity index (χ3v) is 6.43. The number of thiocarbonyl (C=S) groups is 1. The molecule has 0 radical (unpaired) electrons. The number of halogens is 2. The first kappa shape index (κ1) is 23.3. The number of anilines is 1. The molecule has 5 nitrogen and oxygen atoms in total. The second-order valence-electron chi connectivity index (χ2n) is 8.51. The van der Waals surface area contributed by atoms with Crippen molar-refractivity contribution in [2.75, 3.05) is 19.0 Å². The molecule has 1 heterocycles. The maximum Gasteiger partial charge on any atom is 0.248 e. The molecular weight excluding hydrogens is 444 g/mol. The van der Waals surface area contributed by atoms with Crippen molar-refractivity contribution in [1.29, 1.82) is 0 Å².